The summed E-state index contributed by atoms with van der Waals surface area (Å²) in [6, 6.07) is 6.49. The Morgan fingerprint density at radius 1 is 1.33 bits per heavy atom. The lowest BCUT2D eigenvalue weighted by molar-refractivity contribution is 0.270. The number of nitrogens with zero attached hydrogens (tertiary/aromatic N) is 1. The molecule has 4 N–H and O–H groups in total. The van der Waals surface area contributed by atoms with E-state index in [1.165, 1.54) is 12.1 Å². The van der Waals surface area contributed by atoms with Gasteiger partial charge in [0, 0.05) is 6.07 Å². The van der Waals surface area contributed by atoms with E-state index in [4.69, 9.17) is 30.2 Å². The molecule has 0 fully saturated rings. The van der Waals surface area contributed by atoms with E-state index < -0.39 is 7.32 Å². The maximum Gasteiger partial charge on any atom is 0.631 e. The van der Waals surface area contributed by atoms with Gasteiger partial charge in [0.05, 0.1) is 12.2 Å². The van der Waals surface area contributed by atoms with Crippen molar-refractivity contribution in [3.8, 4) is 17.6 Å². The molecule has 0 aliphatic rings. The molecule has 0 unspecified atom stereocenters. The first kappa shape index (κ1) is 16.3. The van der Waals surface area contributed by atoms with Crippen molar-refractivity contribution in [2.45, 2.75) is 13.8 Å². The Balaban J connectivity index is 0.000000631. The number of nitriles is 1. The fraction of sp³-hybridized carbons (Fsp3) is 0.364. The zero-order chi connectivity index (χ0) is 14.1. The predicted octanol–water partition coefficient (Wildman–Crippen LogP) is 0.247. The van der Waals surface area contributed by atoms with Gasteiger partial charge >= 0.3 is 7.32 Å². The van der Waals surface area contributed by atoms with Crippen LogP contribution in [0.4, 0.5) is 0 Å². The van der Waals surface area contributed by atoms with Gasteiger partial charge in [-0.1, -0.05) is 13.8 Å². The van der Waals surface area contributed by atoms with Gasteiger partial charge in [0.2, 0.25) is 0 Å². The standard InChI is InChI=1S/C11H13NO2.BH3O3/c1-8(2)7-14-11-4-3-10(13)5-9(11)6-12;2-1(3)4/h3-5,8,13H,7H2,1-2H3;2-4H. The van der Waals surface area contributed by atoms with Crippen molar-refractivity contribution < 1.29 is 24.9 Å². The van der Waals surface area contributed by atoms with E-state index in [1.54, 1.807) is 6.07 Å². The second-order valence-corrected chi connectivity index (χ2v) is 3.84. The summed E-state index contributed by atoms with van der Waals surface area (Å²) in [5, 5.41) is 39.4. The van der Waals surface area contributed by atoms with E-state index in [1.807, 2.05) is 19.9 Å². The summed E-state index contributed by atoms with van der Waals surface area (Å²) >= 11 is 0. The lowest BCUT2D eigenvalue weighted by Crippen LogP contribution is -2.07. The number of rotatable bonds is 3. The second kappa shape index (κ2) is 8.36. The van der Waals surface area contributed by atoms with Crippen LogP contribution in [0.2, 0.25) is 0 Å². The van der Waals surface area contributed by atoms with Crippen LogP contribution >= 0.6 is 0 Å². The van der Waals surface area contributed by atoms with Crippen LogP contribution in [0.25, 0.3) is 0 Å². The summed E-state index contributed by atoms with van der Waals surface area (Å²) in [4.78, 5) is 0. The molecule has 0 saturated heterocycles. The van der Waals surface area contributed by atoms with E-state index in [0.29, 0.717) is 23.8 Å². The van der Waals surface area contributed by atoms with Gasteiger partial charge in [-0.3, -0.25) is 0 Å². The molecule has 0 aromatic heterocycles. The smallest absolute Gasteiger partial charge is 0.508 e. The molecule has 1 aromatic rings. The molecule has 0 aliphatic carbocycles. The van der Waals surface area contributed by atoms with Crippen LogP contribution in [0, 0.1) is 17.2 Å². The Hall–Kier alpha value is -1.75. The van der Waals surface area contributed by atoms with E-state index in [0.717, 1.165) is 0 Å². The van der Waals surface area contributed by atoms with E-state index in [-0.39, 0.29) is 5.75 Å². The zero-order valence-corrected chi connectivity index (χ0v) is 10.2. The fourth-order valence-electron chi connectivity index (χ4n) is 0.988. The summed E-state index contributed by atoms with van der Waals surface area (Å²) in [6.07, 6.45) is 0. The summed E-state index contributed by atoms with van der Waals surface area (Å²) in [5.74, 6) is 1.02. The van der Waals surface area contributed by atoms with Gasteiger partial charge in [-0.25, -0.2) is 0 Å². The van der Waals surface area contributed by atoms with E-state index in [2.05, 4.69) is 0 Å². The van der Waals surface area contributed by atoms with Crippen LogP contribution in [0.5, 0.6) is 11.5 Å². The molecule has 1 rings (SSSR count). The third-order valence-electron chi connectivity index (χ3n) is 1.66. The molecule has 0 atom stereocenters. The fourth-order valence-corrected chi connectivity index (χ4v) is 0.988. The number of ether oxygens (including phenoxy) is 1. The molecule has 0 spiro atoms. The highest BCUT2D eigenvalue weighted by Crippen LogP contribution is 2.22. The van der Waals surface area contributed by atoms with Gasteiger partial charge in [0.1, 0.15) is 17.6 Å². The lowest BCUT2D eigenvalue weighted by atomic mass is 10.2. The Morgan fingerprint density at radius 3 is 2.33 bits per heavy atom. The van der Waals surface area contributed by atoms with Crippen molar-refractivity contribution in [3.05, 3.63) is 23.8 Å². The molecular formula is C11H16BNO5. The van der Waals surface area contributed by atoms with Gasteiger partial charge in [-0.2, -0.15) is 5.26 Å². The number of phenolic OH excluding ortho intramolecular Hbond substituents is 1. The zero-order valence-electron chi connectivity index (χ0n) is 10.2. The quantitative estimate of drug-likeness (QED) is 0.574. The maximum absolute atomic E-state index is 9.14. The summed E-state index contributed by atoms with van der Waals surface area (Å²) in [7, 11) is -2.17. The molecule has 0 bridgehead atoms. The summed E-state index contributed by atoms with van der Waals surface area (Å²) < 4.78 is 5.41. The molecule has 0 heterocycles. The number of aromatic hydroxyl groups is 1. The van der Waals surface area contributed by atoms with Crippen LogP contribution in [0.1, 0.15) is 19.4 Å². The van der Waals surface area contributed by atoms with Crippen molar-refractivity contribution in [2.75, 3.05) is 6.61 Å². The van der Waals surface area contributed by atoms with Crippen molar-refractivity contribution in [2.24, 2.45) is 5.92 Å². The van der Waals surface area contributed by atoms with Gasteiger partial charge in [-0.15, -0.1) is 0 Å². The summed E-state index contributed by atoms with van der Waals surface area (Å²) in [6.45, 7) is 4.64. The minimum atomic E-state index is -2.17. The molecule has 0 amide bonds. The highest BCUT2D eigenvalue weighted by molar-refractivity contribution is 6.30. The van der Waals surface area contributed by atoms with Crippen molar-refractivity contribution in [1.29, 1.82) is 5.26 Å². The molecule has 98 valence electrons. The SMILES string of the molecule is CC(C)COc1ccc(O)cc1C#N.OB(O)O. The third-order valence-corrected chi connectivity index (χ3v) is 1.66. The Kier molecular flexibility index (Phi) is 7.55. The Bertz CT molecular complexity index is 400. The van der Waals surface area contributed by atoms with Crippen molar-refractivity contribution in [3.63, 3.8) is 0 Å². The number of hydrogen-bond donors (Lipinski definition) is 4. The van der Waals surface area contributed by atoms with Crippen molar-refractivity contribution >= 4 is 7.32 Å². The van der Waals surface area contributed by atoms with Crippen molar-refractivity contribution in [1.82, 2.24) is 0 Å². The monoisotopic (exact) mass is 253 g/mol. The van der Waals surface area contributed by atoms with E-state index in [9.17, 15) is 0 Å². The van der Waals surface area contributed by atoms with Crippen LogP contribution in [0.3, 0.4) is 0 Å². The van der Waals surface area contributed by atoms with E-state index >= 15 is 0 Å². The maximum atomic E-state index is 9.14. The largest absolute Gasteiger partial charge is 0.631 e. The normalized spacial score (nSPS) is 9.17. The molecule has 0 radical (unpaired) electrons. The molecule has 0 aliphatic heterocycles. The first-order valence-corrected chi connectivity index (χ1v) is 5.27. The second-order valence-electron chi connectivity index (χ2n) is 3.84. The number of hydrogen-bond acceptors (Lipinski definition) is 6. The average Bonchev–Trinajstić information content (AvgIpc) is 2.26. The van der Waals surface area contributed by atoms with Crippen LogP contribution < -0.4 is 4.74 Å². The molecular weight excluding hydrogens is 237 g/mol. The summed E-state index contributed by atoms with van der Waals surface area (Å²) in [5.41, 5.74) is 0.366. The minimum Gasteiger partial charge on any atom is -0.508 e. The Morgan fingerprint density at radius 2 is 1.89 bits per heavy atom. The number of benzene rings is 1. The predicted molar refractivity (Wildman–Crippen MR) is 65.6 cm³/mol. The third kappa shape index (κ3) is 7.52. The van der Waals surface area contributed by atoms with Crippen LogP contribution in [-0.4, -0.2) is 34.1 Å². The highest BCUT2D eigenvalue weighted by Gasteiger charge is 2.04. The van der Waals surface area contributed by atoms with Gasteiger partial charge in [0.15, 0.2) is 0 Å². The minimum absolute atomic E-state index is 0.0819. The Labute approximate surface area is 106 Å². The molecule has 0 saturated carbocycles. The van der Waals surface area contributed by atoms with Crippen LogP contribution in [-0.2, 0) is 0 Å². The van der Waals surface area contributed by atoms with Crippen LogP contribution in [0.15, 0.2) is 18.2 Å². The number of phenols is 1. The van der Waals surface area contributed by atoms with Gasteiger partial charge < -0.3 is 24.9 Å². The first-order chi connectivity index (χ1) is 8.36. The van der Waals surface area contributed by atoms with Gasteiger partial charge in [-0.05, 0) is 18.1 Å². The molecule has 6 nitrogen and oxygen atoms in total. The average molecular weight is 253 g/mol. The molecule has 18 heavy (non-hydrogen) atoms. The lowest BCUT2D eigenvalue weighted by Gasteiger charge is -2.09. The topological polar surface area (TPSA) is 114 Å². The highest BCUT2D eigenvalue weighted by atomic mass is 16.5. The molecule has 1 aromatic carbocycles. The molecule has 7 heteroatoms. The first-order valence-electron chi connectivity index (χ1n) is 5.27. The van der Waals surface area contributed by atoms with Gasteiger partial charge in [0.25, 0.3) is 0 Å².